The molecule has 5 heteroatoms. The fraction of sp³-hybridized carbons (Fsp3) is 0.714. The number of aromatic hydroxyl groups is 1. The van der Waals surface area contributed by atoms with E-state index in [-0.39, 0.29) is 5.60 Å². The molecule has 1 aromatic rings. The Kier molecular flexibility index (Phi) is 5.79. The van der Waals surface area contributed by atoms with Crippen molar-refractivity contribution >= 4 is 0 Å². The third-order valence-electron chi connectivity index (χ3n) is 6.27. The molecule has 26 heavy (non-hydrogen) atoms. The van der Waals surface area contributed by atoms with Gasteiger partial charge in [0, 0.05) is 38.4 Å². The van der Waals surface area contributed by atoms with E-state index in [0.29, 0.717) is 17.8 Å². The Bertz CT molecular complexity index is 575. The molecule has 1 atom stereocenters. The normalized spacial score (nSPS) is 27.6. The molecule has 1 spiro atoms. The van der Waals surface area contributed by atoms with Crippen LogP contribution in [0.15, 0.2) is 24.3 Å². The summed E-state index contributed by atoms with van der Waals surface area (Å²) in [5.74, 6) is 0.362. The van der Waals surface area contributed by atoms with E-state index in [0.717, 1.165) is 65.1 Å². The van der Waals surface area contributed by atoms with Crippen LogP contribution in [0.2, 0.25) is 0 Å². The first-order chi connectivity index (χ1) is 12.7. The van der Waals surface area contributed by atoms with E-state index in [2.05, 4.69) is 16.3 Å². The topological polar surface area (TPSA) is 54.0 Å². The van der Waals surface area contributed by atoms with Crippen molar-refractivity contribution in [1.29, 1.82) is 0 Å². The number of nitrogens with zero attached hydrogens (tertiary/aromatic N) is 1. The van der Waals surface area contributed by atoms with E-state index in [1.807, 2.05) is 12.1 Å². The summed E-state index contributed by atoms with van der Waals surface area (Å²) < 4.78 is 11.7. The first kappa shape index (κ1) is 18.2. The molecule has 1 aromatic carbocycles. The summed E-state index contributed by atoms with van der Waals surface area (Å²) in [5.41, 5.74) is 1.27. The van der Waals surface area contributed by atoms with Crippen molar-refractivity contribution in [2.45, 2.75) is 62.8 Å². The molecule has 4 rings (SSSR count). The Hall–Kier alpha value is -1.14. The number of rotatable bonds is 4. The Morgan fingerprint density at radius 3 is 2.65 bits per heavy atom. The van der Waals surface area contributed by atoms with Crippen molar-refractivity contribution in [3.05, 3.63) is 29.8 Å². The summed E-state index contributed by atoms with van der Waals surface area (Å²) in [4.78, 5) is 2.50. The van der Waals surface area contributed by atoms with Gasteiger partial charge in [-0.3, -0.25) is 4.90 Å². The van der Waals surface area contributed by atoms with Gasteiger partial charge in [0.2, 0.25) is 0 Å². The van der Waals surface area contributed by atoms with Crippen molar-refractivity contribution in [3.8, 4) is 5.75 Å². The van der Waals surface area contributed by atoms with Gasteiger partial charge in [-0.15, -0.1) is 0 Å². The van der Waals surface area contributed by atoms with E-state index in [4.69, 9.17) is 9.47 Å². The van der Waals surface area contributed by atoms with Crippen LogP contribution in [-0.4, -0.2) is 60.6 Å². The standard InChI is InChI=1S/C21H32N2O3/c24-20-3-1-2-17(14-20)16-23-9-4-18(5-10-23)22-19-6-11-26-21(15-19)7-12-25-13-8-21/h1-3,14,18-19,22,24H,4-13,15-16H2/t19-/m1/s1. The maximum absolute atomic E-state index is 9.63. The van der Waals surface area contributed by atoms with Crippen LogP contribution in [0.25, 0.3) is 0 Å². The molecule has 0 aliphatic carbocycles. The number of benzene rings is 1. The highest BCUT2D eigenvalue weighted by atomic mass is 16.5. The number of hydrogen-bond donors (Lipinski definition) is 2. The van der Waals surface area contributed by atoms with Crippen LogP contribution in [0.3, 0.4) is 0 Å². The van der Waals surface area contributed by atoms with Gasteiger partial charge in [0.1, 0.15) is 5.75 Å². The van der Waals surface area contributed by atoms with Crippen LogP contribution < -0.4 is 5.32 Å². The predicted octanol–water partition coefficient (Wildman–Crippen LogP) is 2.67. The third kappa shape index (κ3) is 4.58. The number of ether oxygens (including phenoxy) is 2. The zero-order valence-corrected chi connectivity index (χ0v) is 15.7. The van der Waals surface area contributed by atoms with Crippen LogP contribution in [0.4, 0.5) is 0 Å². The van der Waals surface area contributed by atoms with Crippen LogP contribution >= 0.6 is 0 Å². The lowest BCUT2D eigenvalue weighted by molar-refractivity contribution is -0.141. The molecule has 5 nitrogen and oxygen atoms in total. The summed E-state index contributed by atoms with van der Waals surface area (Å²) in [5, 5.41) is 13.6. The quantitative estimate of drug-likeness (QED) is 0.865. The Morgan fingerprint density at radius 2 is 1.88 bits per heavy atom. The van der Waals surface area contributed by atoms with Gasteiger partial charge in [-0.2, -0.15) is 0 Å². The van der Waals surface area contributed by atoms with Crippen LogP contribution in [-0.2, 0) is 16.0 Å². The maximum Gasteiger partial charge on any atom is 0.115 e. The summed E-state index contributed by atoms with van der Waals surface area (Å²) in [6.45, 7) is 5.75. The number of phenolic OH excluding ortho intramolecular Hbond substituents is 1. The summed E-state index contributed by atoms with van der Waals surface area (Å²) in [6.07, 6.45) is 6.77. The number of likely N-dealkylation sites (tertiary alicyclic amines) is 1. The van der Waals surface area contributed by atoms with E-state index >= 15 is 0 Å². The summed E-state index contributed by atoms with van der Waals surface area (Å²) >= 11 is 0. The largest absolute Gasteiger partial charge is 0.508 e. The molecule has 0 radical (unpaired) electrons. The van der Waals surface area contributed by atoms with Crippen LogP contribution in [0, 0.1) is 0 Å². The maximum atomic E-state index is 9.63. The number of nitrogens with one attached hydrogen (secondary N) is 1. The van der Waals surface area contributed by atoms with Crippen molar-refractivity contribution in [1.82, 2.24) is 10.2 Å². The molecule has 3 aliphatic heterocycles. The van der Waals surface area contributed by atoms with Gasteiger partial charge in [-0.1, -0.05) is 12.1 Å². The summed E-state index contributed by atoms with van der Waals surface area (Å²) in [6, 6.07) is 8.84. The molecule has 0 aromatic heterocycles. The van der Waals surface area contributed by atoms with Crippen molar-refractivity contribution in [2.75, 3.05) is 32.9 Å². The predicted molar refractivity (Wildman–Crippen MR) is 101 cm³/mol. The van der Waals surface area contributed by atoms with Gasteiger partial charge in [-0.25, -0.2) is 0 Å². The monoisotopic (exact) mass is 360 g/mol. The minimum absolute atomic E-state index is 0.0736. The van der Waals surface area contributed by atoms with E-state index in [1.54, 1.807) is 6.07 Å². The highest BCUT2D eigenvalue weighted by Crippen LogP contribution is 2.34. The molecular weight excluding hydrogens is 328 g/mol. The smallest absolute Gasteiger partial charge is 0.115 e. The molecule has 144 valence electrons. The number of phenols is 1. The van der Waals surface area contributed by atoms with Gasteiger partial charge in [0.15, 0.2) is 0 Å². The fourth-order valence-electron chi connectivity index (χ4n) is 4.77. The Labute approximate surface area is 156 Å². The zero-order valence-electron chi connectivity index (χ0n) is 15.7. The first-order valence-corrected chi connectivity index (χ1v) is 10.2. The fourth-order valence-corrected chi connectivity index (χ4v) is 4.77. The molecule has 3 saturated heterocycles. The molecule has 3 fully saturated rings. The molecule has 2 N–H and O–H groups in total. The van der Waals surface area contributed by atoms with Gasteiger partial charge in [0.25, 0.3) is 0 Å². The second-order valence-electron chi connectivity index (χ2n) is 8.22. The molecule has 0 saturated carbocycles. The van der Waals surface area contributed by atoms with Gasteiger partial charge in [0.05, 0.1) is 5.60 Å². The second-order valence-corrected chi connectivity index (χ2v) is 8.22. The lowest BCUT2D eigenvalue weighted by atomic mass is 9.83. The Balaban J connectivity index is 1.23. The first-order valence-electron chi connectivity index (χ1n) is 10.2. The molecule has 0 amide bonds. The molecular formula is C21H32N2O3. The molecule has 3 heterocycles. The van der Waals surface area contributed by atoms with Crippen molar-refractivity contribution in [3.63, 3.8) is 0 Å². The minimum atomic E-state index is 0.0736. The SMILES string of the molecule is Oc1cccc(CN2CCC(N[C@@H]3CCOC4(CCOCC4)C3)CC2)c1. The van der Waals surface area contributed by atoms with Gasteiger partial charge >= 0.3 is 0 Å². The average Bonchev–Trinajstić information content (AvgIpc) is 2.64. The number of piperidine rings is 1. The lowest BCUT2D eigenvalue weighted by Gasteiger charge is -2.45. The highest BCUT2D eigenvalue weighted by Gasteiger charge is 2.39. The molecule has 0 unspecified atom stereocenters. The third-order valence-corrected chi connectivity index (χ3v) is 6.27. The minimum Gasteiger partial charge on any atom is -0.508 e. The molecule has 0 bridgehead atoms. The van der Waals surface area contributed by atoms with Crippen LogP contribution in [0.5, 0.6) is 5.75 Å². The van der Waals surface area contributed by atoms with E-state index in [1.165, 1.54) is 18.4 Å². The second kappa shape index (κ2) is 8.26. The Morgan fingerprint density at radius 1 is 1.08 bits per heavy atom. The van der Waals surface area contributed by atoms with E-state index < -0.39 is 0 Å². The highest BCUT2D eigenvalue weighted by molar-refractivity contribution is 5.27. The number of hydrogen-bond acceptors (Lipinski definition) is 5. The lowest BCUT2D eigenvalue weighted by Crippen LogP contribution is -2.53. The van der Waals surface area contributed by atoms with Gasteiger partial charge < -0.3 is 19.9 Å². The van der Waals surface area contributed by atoms with Crippen molar-refractivity contribution in [2.24, 2.45) is 0 Å². The van der Waals surface area contributed by atoms with Crippen molar-refractivity contribution < 1.29 is 14.6 Å². The average molecular weight is 360 g/mol. The summed E-state index contributed by atoms with van der Waals surface area (Å²) in [7, 11) is 0. The van der Waals surface area contributed by atoms with Crippen LogP contribution in [0.1, 0.15) is 44.1 Å². The zero-order chi connectivity index (χ0) is 17.8. The van der Waals surface area contributed by atoms with Gasteiger partial charge in [-0.05, 0) is 69.3 Å². The molecule has 3 aliphatic rings. The van der Waals surface area contributed by atoms with E-state index in [9.17, 15) is 5.11 Å².